The van der Waals surface area contributed by atoms with E-state index >= 15 is 0 Å². The first-order valence-electron chi connectivity index (χ1n) is 6.39. The predicted octanol–water partition coefficient (Wildman–Crippen LogP) is 2.84. The molecule has 3 heteroatoms. The van der Waals surface area contributed by atoms with Gasteiger partial charge in [-0.25, -0.2) is 0 Å². The van der Waals surface area contributed by atoms with E-state index in [9.17, 15) is 9.90 Å². The van der Waals surface area contributed by atoms with Crippen LogP contribution in [0.4, 0.5) is 0 Å². The molecule has 0 bridgehead atoms. The molecule has 1 atom stereocenters. The summed E-state index contributed by atoms with van der Waals surface area (Å²) in [7, 11) is 0. The van der Waals surface area contributed by atoms with Crippen LogP contribution < -0.4 is 0 Å². The Morgan fingerprint density at radius 3 is 2.78 bits per heavy atom. The first-order valence-corrected chi connectivity index (χ1v) is 6.39. The number of aliphatic carboxylic acids is 1. The zero-order valence-corrected chi connectivity index (χ0v) is 11.0. The first kappa shape index (κ1) is 13.1. The van der Waals surface area contributed by atoms with Crippen LogP contribution in [-0.4, -0.2) is 24.3 Å². The highest BCUT2D eigenvalue weighted by Crippen LogP contribution is 2.31. The molecule has 0 aliphatic carbocycles. The standard InChI is InChI=1S/C15H20O3/c1-15(2,14(16)17)9-11-5-3-4-6-13(11)12-7-8-18-10-12/h3-6,12H,7-10H2,1-2H3,(H,16,17). The number of rotatable bonds is 4. The molecular weight excluding hydrogens is 228 g/mol. The van der Waals surface area contributed by atoms with Crippen molar-refractivity contribution in [1.29, 1.82) is 0 Å². The van der Waals surface area contributed by atoms with Crippen LogP contribution in [-0.2, 0) is 16.0 Å². The molecule has 1 heterocycles. The zero-order valence-electron chi connectivity index (χ0n) is 11.0. The summed E-state index contributed by atoms with van der Waals surface area (Å²) in [5.74, 6) is -0.328. The molecule has 1 aromatic rings. The molecule has 18 heavy (non-hydrogen) atoms. The second-order valence-electron chi connectivity index (χ2n) is 5.63. The Kier molecular flexibility index (Phi) is 3.71. The van der Waals surface area contributed by atoms with Gasteiger partial charge in [-0.05, 0) is 37.8 Å². The van der Waals surface area contributed by atoms with Gasteiger partial charge < -0.3 is 9.84 Å². The van der Waals surface area contributed by atoms with Crippen LogP contribution in [0.2, 0.25) is 0 Å². The summed E-state index contributed by atoms with van der Waals surface area (Å²) >= 11 is 0. The molecule has 1 unspecified atom stereocenters. The lowest BCUT2D eigenvalue weighted by Crippen LogP contribution is -2.27. The number of carboxylic acid groups (broad SMARTS) is 1. The van der Waals surface area contributed by atoms with Crippen molar-refractivity contribution in [3.8, 4) is 0 Å². The molecular formula is C15H20O3. The molecule has 0 radical (unpaired) electrons. The van der Waals surface area contributed by atoms with Crippen LogP contribution in [0.25, 0.3) is 0 Å². The molecule has 98 valence electrons. The normalized spacial score (nSPS) is 20.0. The van der Waals surface area contributed by atoms with E-state index < -0.39 is 11.4 Å². The van der Waals surface area contributed by atoms with Gasteiger partial charge in [0, 0.05) is 12.5 Å². The van der Waals surface area contributed by atoms with E-state index in [0.29, 0.717) is 12.3 Å². The van der Waals surface area contributed by atoms with Crippen molar-refractivity contribution in [2.45, 2.75) is 32.6 Å². The third-order valence-electron chi connectivity index (χ3n) is 3.64. The quantitative estimate of drug-likeness (QED) is 0.891. The number of carboxylic acids is 1. The van der Waals surface area contributed by atoms with Crippen LogP contribution >= 0.6 is 0 Å². The highest BCUT2D eigenvalue weighted by molar-refractivity contribution is 5.74. The molecule has 2 rings (SSSR count). The van der Waals surface area contributed by atoms with Crippen LogP contribution in [0.3, 0.4) is 0 Å². The Balaban J connectivity index is 2.25. The fourth-order valence-corrected chi connectivity index (χ4v) is 2.42. The van der Waals surface area contributed by atoms with Gasteiger partial charge in [0.25, 0.3) is 0 Å². The Hall–Kier alpha value is -1.35. The molecule has 1 N–H and O–H groups in total. The molecule has 0 spiro atoms. The fourth-order valence-electron chi connectivity index (χ4n) is 2.42. The smallest absolute Gasteiger partial charge is 0.309 e. The van der Waals surface area contributed by atoms with Crippen molar-refractivity contribution in [3.05, 3.63) is 35.4 Å². The topological polar surface area (TPSA) is 46.5 Å². The van der Waals surface area contributed by atoms with Gasteiger partial charge >= 0.3 is 5.97 Å². The highest BCUT2D eigenvalue weighted by atomic mass is 16.5. The van der Waals surface area contributed by atoms with Crippen molar-refractivity contribution in [1.82, 2.24) is 0 Å². The lowest BCUT2D eigenvalue weighted by Gasteiger charge is -2.22. The first-order chi connectivity index (χ1) is 8.50. The third kappa shape index (κ3) is 2.72. The summed E-state index contributed by atoms with van der Waals surface area (Å²) in [6.45, 7) is 5.11. The van der Waals surface area contributed by atoms with Crippen LogP contribution in [0, 0.1) is 5.41 Å². The number of hydrogen-bond donors (Lipinski definition) is 1. The maximum Gasteiger partial charge on any atom is 0.309 e. The van der Waals surface area contributed by atoms with Crippen molar-refractivity contribution in [2.75, 3.05) is 13.2 Å². The summed E-state index contributed by atoms with van der Waals surface area (Å²) < 4.78 is 5.43. The summed E-state index contributed by atoms with van der Waals surface area (Å²) in [6.07, 6.45) is 1.60. The lowest BCUT2D eigenvalue weighted by molar-refractivity contribution is -0.146. The van der Waals surface area contributed by atoms with Gasteiger partial charge in [0.2, 0.25) is 0 Å². The van der Waals surface area contributed by atoms with Gasteiger partial charge in [-0.3, -0.25) is 4.79 Å². The van der Waals surface area contributed by atoms with Gasteiger partial charge in [-0.2, -0.15) is 0 Å². The fraction of sp³-hybridized carbons (Fsp3) is 0.533. The van der Waals surface area contributed by atoms with Gasteiger partial charge in [0.15, 0.2) is 0 Å². The van der Waals surface area contributed by atoms with E-state index in [4.69, 9.17) is 4.74 Å². The van der Waals surface area contributed by atoms with Gasteiger partial charge in [-0.15, -0.1) is 0 Å². The van der Waals surface area contributed by atoms with Crippen molar-refractivity contribution >= 4 is 5.97 Å². The monoisotopic (exact) mass is 248 g/mol. The van der Waals surface area contributed by atoms with E-state index in [0.717, 1.165) is 25.2 Å². The van der Waals surface area contributed by atoms with Crippen molar-refractivity contribution in [3.63, 3.8) is 0 Å². The van der Waals surface area contributed by atoms with E-state index in [2.05, 4.69) is 6.07 Å². The van der Waals surface area contributed by atoms with Crippen LogP contribution in [0.1, 0.15) is 37.3 Å². The molecule has 1 aliphatic heterocycles. The largest absolute Gasteiger partial charge is 0.481 e. The minimum absolute atomic E-state index is 0.422. The molecule has 1 aliphatic rings. The molecule has 0 amide bonds. The maximum absolute atomic E-state index is 11.2. The molecule has 1 fully saturated rings. The Morgan fingerprint density at radius 2 is 2.17 bits per heavy atom. The van der Waals surface area contributed by atoms with Crippen LogP contribution in [0.5, 0.6) is 0 Å². The number of carbonyl (C=O) groups is 1. The Morgan fingerprint density at radius 1 is 1.44 bits per heavy atom. The molecule has 0 saturated carbocycles. The lowest BCUT2D eigenvalue weighted by atomic mass is 9.82. The zero-order chi connectivity index (χ0) is 13.2. The summed E-state index contributed by atoms with van der Waals surface area (Å²) in [5.41, 5.74) is 1.67. The SMILES string of the molecule is CC(C)(Cc1ccccc1C1CCOC1)C(=O)O. The van der Waals surface area contributed by atoms with E-state index in [-0.39, 0.29) is 0 Å². The molecule has 0 aromatic heterocycles. The van der Waals surface area contributed by atoms with Crippen LogP contribution in [0.15, 0.2) is 24.3 Å². The van der Waals surface area contributed by atoms with E-state index in [1.807, 2.05) is 18.2 Å². The van der Waals surface area contributed by atoms with Crippen molar-refractivity contribution < 1.29 is 14.6 Å². The summed E-state index contributed by atoms with van der Waals surface area (Å²) in [4.78, 5) is 11.2. The third-order valence-corrected chi connectivity index (χ3v) is 3.64. The average Bonchev–Trinajstić information content (AvgIpc) is 2.82. The van der Waals surface area contributed by atoms with Gasteiger partial charge in [0.1, 0.15) is 0 Å². The molecule has 3 nitrogen and oxygen atoms in total. The Bertz CT molecular complexity index is 431. The van der Waals surface area contributed by atoms with E-state index in [1.54, 1.807) is 13.8 Å². The molecule has 1 saturated heterocycles. The van der Waals surface area contributed by atoms with Gasteiger partial charge in [0.05, 0.1) is 12.0 Å². The predicted molar refractivity (Wildman–Crippen MR) is 69.7 cm³/mol. The van der Waals surface area contributed by atoms with Crippen molar-refractivity contribution in [2.24, 2.45) is 5.41 Å². The van der Waals surface area contributed by atoms with Gasteiger partial charge in [-0.1, -0.05) is 24.3 Å². The minimum Gasteiger partial charge on any atom is -0.481 e. The molecule has 1 aromatic carbocycles. The highest BCUT2D eigenvalue weighted by Gasteiger charge is 2.29. The number of benzene rings is 1. The second kappa shape index (κ2) is 5.11. The van der Waals surface area contributed by atoms with E-state index in [1.165, 1.54) is 5.56 Å². The Labute approximate surface area is 108 Å². The number of hydrogen-bond acceptors (Lipinski definition) is 2. The average molecular weight is 248 g/mol. The second-order valence-corrected chi connectivity index (χ2v) is 5.63. The summed E-state index contributed by atoms with van der Waals surface area (Å²) in [6, 6.07) is 8.14. The number of ether oxygens (including phenoxy) is 1. The minimum atomic E-state index is -0.750. The summed E-state index contributed by atoms with van der Waals surface area (Å²) in [5, 5.41) is 9.23. The maximum atomic E-state index is 11.2.